The summed E-state index contributed by atoms with van der Waals surface area (Å²) < 4.78 is 5.55. The average Bonchev–Trinajstić information content (AvgIpc) is 2.18. The molecule has 0 fully saturated rings. The molecule has 0 aliphatic rings. The van der Waals surface area contributed by atoms with Gasteiger partial charge in [0.05, 0.1) is 6.61 Å². The van der Waals surface area contributed by atoms with Crippen LogP contribution in [0.5, 0.6) is 0 Å². The van der Waals surface area contributed by atoms with E-state index in [9.17, 15) is 0 Å². The fourth-order valence-corrected chi connectivity index (χ4v) is 2.15. The van der Waals surface area contributed by atoms with Gasteiger partial charge in [-0.25, -0.2) is 0 Å². The van der Waals surface area contributed by atoms with E-state index in [2.05, 4.69) is 26.1 Å². The van der Waals surface area contributed by atoms with E-state index < -0.39 is 0 Å². The average molecular weight is 219 g/mol. The van der Waals surface area contributed by atoms with Gasteiger partial charge < -0.3 is 10.1 Å². The lowest BCUT2D eigenvalue weighted by Crippen LogP contribution is -2.35. The van der Waals surface area contributed by atoms with Gasteiger partial charge in [-0.3, -0.25) is 0 Å². The van der Waals surface area contributed by atoms with Gasteiger partial charge in [-0.1, -0.05) is 20.8 Å². The van der Waals surface area contributed by atoms with Crippen molar-refractivity contribution < 1.29 is 4.74 Å². The largest absolute Gasteiger partial charge is 0.380 e. The normalized spacial score (nSPS) is 13.1. The summed E-state index contributed by atoms with van der Waals surface area (Å²) >= 11 is 2.02. The van der Waals surface area contributed by atoms with Gasteiger partial charge in [0.1, 0.15) is 0 Å². The van der Waals surface area contributed by atoms with Crippen molar-refractivity contribution in [1.82, 2.24) is 5.32 Å². The first kappa shape index (κ1) is 14.3. The minimum Gasteiger partial charge on any atom is -0.380 e. The van der Waals surface area contributed by atoms with Crippen molar-refractivity contribution in [3.63, 3.8) is 0 Å². The Morgan fingerprint density at radius 3 is 2.57 bits per heavy atom. The van der Waals surface area contributed by atoms with Gasteiger partial charge in [-0.05, 0) is 25.1 Å². The number of rotatable bonds is 10. The minimum absolute atomic E-state index is 0.531. The van der Waals surface area contributed by atoms with Crippen LogP contribution in [-0.4, -0.2) is 37.3 Å². The Kier molecular flexibility index (Phi) is 11.6. The monoisotopic (exact) mass is 219 g/mol. The van der Waals surface area contributed by atoms with Crippen molar-refractivity contribution in [1.29, 1.82) is 0 Å². The molecule has 0 bridgehead atoms. The van der Waals surface area contributed by atoms with Crippen LogP contribution < -0.4 is 5.32 Å². The second-order valence-corrected chi connectivity index (χ2v) is 4.55. The third kappa shape index (κ3) is 8.85. The van der Waals surface area contributed by atoms with E-state index in [-0.39, 0.29) is 0 Å². The molecule has 1 unspecified atom stereocenters. The summed E-state index contributed by atoms with van der Waals surface area (Å²) in [5, 5.41) is 3.45. The van der Waals surface area contributed by atoms with Crippen molar-refractivity contribution in [3.05, 3.63) is 0 Å². The van der Waals surface area contributed by atoms with Crippen LogP contribution in [0.25, 0.3) is 0 Å². The summed E-state index contributed by atoms with van der Waals surface area (Å²) in [6.07, 6.45) is 2.38. The summed E-state index contributed by atoms with van der Waals surface area (Å²) in [7, 11) is 0. The maximum absolute atomic E-state index is 5.55. The van der Waals surface area contributed by atoms with Crippen LogP contribution in [0, 0.1) is 0 Å². The third-order valence-electron chi connectivity index (χ3n) is 1.83. The van der Waals surface area contributed by atoms with Crippen LogP contribution in [0.4, 0.5) is 0 Å². The number of hydrogen-bond donors (Lipinski definition) is 1. The highest BCUT2D eigenvalue weighted by Crippen LogP contribution is 2.05. The lowest BCUT2D eigenvalue weighted by molar-refractivity contribution is 0.117. The Labute approximate surface area is 93.2 Å². The van der Waals surface area contributed by atoms with Crippen molar-refractivity contribution in [3.8, 4) is 0 Å². The van der Waals surface area contributed by atoms with Crippen LogP contribution >= 0.6 is 11.8 Å². The Bertz CT molecular complexity index is 101. The van der Waals surface area contributed by atoms with E-state index in [4.69, 9.17) is 4.74 Å². The highest BCUT2D eigenvalue weighted by Gasteiger charge is 2.06. The van der Waals surface area contributed by atoms with Gasteiger partial charge in [0.25, 0.3) is 0 Å². The molecule has 1 atom stereocenters. The zero-order valence-electron chi connectivity index (χ0n) is 9.84. The highest BCUT2D eigenvalue weighted by atomic mass is 32.2. The molecule has 0 aromatic carbocycles. The lowest BCUT2D eigenvalue weighted by Gasteiger charge is -2.17. The van der Waals surface area contributed by atoms with Crippen molar-refractivity contribution in [2.75, 3.05) is 31.3 Å². The molecule has 0 aliphatic heterocycles. The first-order valence-electron chi connectivity index (χ1n) is 5.73. The van der Waals surface area contributed by atoms with E-state index in [1.54, 1.807) is 0 Å². The molecule has 0 heterocycles. The topological polar surface area (TPSA) is 21.3 Å². The van der Waals surface area contributed by atoms with E-state index in [0.29, 0.717) is 6.04 Å². The predicted octanol–water partition coefficient (Wildman–Crippen LogP) is 2.53. The lowest BCUT2D eigenvalue weighted by atomic mass is 10.3. The van der Waals surface area contributed by atoms with Gasteiger partial charge in [-0.2, -0.15) is 11.8 Å². The predicted molar refractivity (Wildman–Crippen MR) is 66.2 cm³/mol. The summed E-state index contributed by atoms with van der Waals surface area (Å²) in [4.78, 5) is 0. The standard InChI is InChI=1S/C11H25NOS/c1-4-7-13-9-11(12-6-3)10-14-8-5-2/h11-12H,4-10H2,1-3H3. The fraction of sp³-hybridized carbons (Fsp3) is 1.00. The molecule has 0 aromatic heterocycles. The Hall–Kier alpha value is 0.270. The smallest absolute Gasteiger partial charge is 0.0627 e. The summed E-state index contributed by atoms with van der Waals surface area (Å²) in [6.45, 7) is 9.31. The molecule has 0 radical (unpaired) electrons. The molecule has 3 heteroatoms. The number of hydrogen-bond acceptors (Lipinski definition) is 3. The van der Waals surface area contributed by atoms with E-state index >= 15 is 0 Å². The fourth-order valence-electron chi connectivity index (χ4n) is 1.19. The Morgan fingerprint density at radius 1 is 1.21 bits per heavy atom. The van der Waals surface area contributed by atoms with Crippen LogP contribution in [-0.2, 0) is 4.74 Å². The van der Waals surface area contributed by atoms with E-state index in [1.165, 1.54) is 17.9 Å². The summed E-state index contributed by atoms with van der Waals surface area (Å²) in [5.41, 5.74) is 0. The van der Waals surface area contributed by atoms with Gasteiger partial charge in [0.2, 0.25) is 0 Å². The number of likely N-dealkylation sites (N-methyl/N-ethyl adjacent to an activating group) is 1. The number of nitrogens with one attached hydrogen (secondary N) is 1. The first-order valence-corrected chi connectivity index (χ1v) is 6.89. The molecule has 14 heavy (non-hydrogen) atoms. The molecule has 0 aliphatic carbocycles. The Morgan fingerprint density at radius 2 is 2.00 bits per heavy atom. The van der Waals surface area contributed by atoms with Crippen molar-refractivity contribution in [2.24, 2.45) is 0 Å². The van der Waals surface area contributed by atoms with Crippen LogP contribution in [0.3, 0.4) is 0 Å². The van der Waals surface area contributed by atoms with Crippen LogP contribution in [0.1, 0.15) is 33.6 Å². The molecule has 0 aromatic rings. The van der Waals surface area contributed by atoms with Gasteiger partial charge in [-0.15, -0.1) is 0 Å². The third-order valence-corrected chi connectivity index (χ3v) is 3.16. The van der Waals surface area contributed by atoms with Crippen molar-refractivity contribution in [2.45, 2.75) is 39.7 Å². The maximum atomic E-state index is 5.55. The molecular weight excluding hydrogens is 194 g/mol. The quantitative estimate of drug-likeness (QED) is 0.571. The molecule has 0 amide bonds. The van der Waals surface area contributed by atoms with Gasteiger partial charge >= 0.3 is 0 Å². The first-order chi connectivity index (χ1) is 6.85. The number of ether oxygens (including phenoxy) is 1. The maximum Gasteiger partial charge on any atom is 0.0627 e. The summed E-state index contributed by atoms with van der Waals surface area (Å²) in [5.74, 6) is 2.43. The van der Waals surface area contributed by atoms with E-state index in [1.807, 2.05) is 11.8 Å². The molecule has 0 rings (SSSR count). The molecule has 2 nitrogen and oxygen atoms in total. The zero-order chi connectivity index (χ0) is 10.6. The molecule has 86 valence electrons. The summed E-state index contributed by atoms with van der Waals surface area (Å²) in [6, 6.07) is 0.531. The van der Waals surface area contributed by atoms with E-state index in [0.717, 1.165) is 26.2 Å². The Balaban J connectivity index is 3.44. The van der Waals surface area contributed by atoms with Crippen molar-refractivity contribution >= 4 is 11.8 Å². The zero-order valence-corrected chi connectivity index (χ0v) is 10.7. The molecular formula is C11H25NOS. The minimum atomic E-state index is 0.531. The second kappa shape index (κ2) is 11.3. The van der Waals surface area contributed by atoms with Gasteiger partial charge in [0, 0.05) is 18.4 Å². The van der Waals surface area contributed by atoms with Crippen LogP contribution in [0.15, 0.2) is 0 Å². The van der Waals surface area contributed by atoms with Gasteiger partial charge in [0.15, 0.2) is 0 Å². The highest BCUT2D eigenvalue weighted by molar-refractivity contribution is 7.99. The number of thioether (sulfide) groups is 1. The second-order valence-electron chi connectivity index (χ2n) is 3.40. The SMILES string of the molecule is CCCOCC(CSCCC)NCC. The molecule has 1 N–H and O–H groups in total. The molecule has 0 saturated heterocycles. The molecule has 0 spiro atoms. The van der Waals surface area contributed by atoms with Crippen LogP contribution in [0.2, 0.25) is 0 Å². The molecule has 0 saturated carbocycles.